The topological polar surface area (TPSA) is 38.3 Å². The highest BCUT2D eigenvalue weighted by Gasteiger charge is 2.15. The van der Waals surface area contributed by atoms with E-state index < -0.39 is 0 Å². The fourth-order valence-corrected chi connectivity index (χ4v) is 1.52. The van der Waals surface area contributed by atoms with Crippen molar-refractivity contribution in [2.75, 3.05) is 19.8 Å². The van der Waals surface area contributed by atoms with Crippen molar-refractivity contribution in [2.24, 2.45) is 5.92 Å². The second kappa shape index (κ2) is 5.60. The first-order valence-electron chi connectivity index (χ1n) is 4.69. The van der Waals surface area contributed by atoms with E-state index in [1.807, 2.05) is 6.92 Å². The molecule has 2 atom stereocenters. The van der Waals surface area contributed by atoms with Crippen LogP contribution in [0.3, 0.4) is 0 Å². The maximum atomic E-state index is 11.2. The number of amides is 1. The minimum atomic E-state index is -0.1000. The van der Waals surface area contributed by atoms with Crippen LogP contribution >= 0.6 is 15.9 Å². The van der Waals surface area contributed by atoms with Crippen molar-refractivity contribution < 1.29 is 9.53 Å². The van der Waals surface area contributed by atoms with Crippen LogP contribution in [0.15, 0.2) is 0 Å². The predicted molar refractivity (Wildman–Crippen MR) is 54.9 cm³/mol. The van der Waals surface area contributed by atoms with Gasteiger partial charge >= 0.3 is 0 Å². The summed E-state index contributed by atoms with van der Waals surface area (Å²) in [6, 6.07) is 0. The maximum absolute atomic E-state index is 11.2. The quantitative estimate of drug-likeness (QED) is 0.767. The lowest BCUT2D eigenvalue weighted by Gasteiger charge is -2.22. The Morgan fingerprint density at radius 2 is 2.54 bits per heavy atom. The zero-order chi connectivity index (χ0) is 9.68. The van der Waals surface area contributed by atoms with Gasteiger partial charge in [0.05, 0.1) is 11.4 Å². The first kappa shape index (κ1) is 11.0. The summed E-state index contributed by atoms with van der Waals surface area (Å²) < 4.78 is 5.31. The van der Waals surface area contributed by atoms with Crippen LogP contribution in [0.4, 0.5) is 0 Å². The Morgan fingerprint density at radius 3 is 3.08 bits per heavy atom. The summed E-state index contributed by atoms with van der Waals surface area (Å²) >= 11 is 3.22. The highest BCUT2D eigenvalue weighted by Crippen LogP contribution is 2.12. The van der Waals surface area contributed by atoms with E-state index in [0.717, 1.165) is 32.6 Å². The summed E-state index contributed by atoms with van der Waals surface area (Å²) in [5, 5.41) is 2.89. The van der Waals surface area contributed by atoms with E-state index in [1.165, 1.54) is 0 Å². The lowest BCUT2D eigenvalue weighted by Crippen LogP contribution is -2.36. The van der Waals surface area contributed by atoms with Crippen molar-refractivity contribution in [2.45, 2.75) is 24.6 Å². The Bertz CT molecular complexity index is 167. The van der Waals surface area contributed by atoms with E-state index in [0.29, 0.717) is 5.92 Å². The van der Waals surface area contributed by atoms with E-state index in [2.05, 4.69) is 21.2 Å². The van der Waals surface area contributed by atoms with E-state index in [4.69, 9.17) is 4.74 Å². The molecule has 0 aromatic rings. The molecule has 1 aliphatic rings. The Labute approximate surface area is 87.3 Å². The van der Waals surface area contributed by atoms with Gasteiger partial charge in [-0.1, -0.05) is 15.9 Å². The van der Waals surface area contributed by atoms with Gasteiger partial charge < -0.3 is 10.1 Å². The zero-order valence-electron chi connectivity index (χ0n) is 7.88. The molecule has 0 saturated carbocycles. The average molecular weight is 250 g/mol. The summed E-state index contributed by atoms with van der Waals surface area (Å²) in [6.07, 6.45) is 2.28. The summed E-state index contributed by atoms with van der Waals surface area (Å²) in [7, 11) is 0. The van der Waals surface area contributed by atoms with Crippen molar-refractivity contribution in [3.63, 3.8) is 0 Å². The van der Waals surface area contributed by atoms with Crippen LogP contribution in [0.5, 0.6) is 0 Å². The van der Waals surface area contributed by atoms with Gasteiger partial charge in [0.1, 0.15) is 0 Å². The SMILES string of the molecule is CC(Br)C(=O)NCC1CCCOC1. The molecule has 1 heterocycles. The minimum Gasteiger partial charge on any atom is -0.381 e. The molecular formula is C9H16BrNO2. The number of rotatable bonds is 3. The lowest BCUT2D eigenvalue weighted by atomic mass is 10.0. The number of ether oxygens (including phenoxy) is 1. The molecule has 1 fully saturated rings. The van der Waals surface area contributed by atoms with Crippen molar-refractivity contribution in [1.82, 2.24) is 5.32 Å². The number of nitrogens with one attached hydrogen (secondary N) is 1. The molecular weight excluding hydrogens is 234 g/mol. The van der Waals surface area contributed by atoms with E-state index in [9.17, 15) is 4.79 Å². The van der Waals surface area contributed by atoms with Gasteiger partial charge in [0.2, 0.25) is 5.91 Å². The summed E-state index contributed by atoms with van der Waals surface area (Å²) in [5.74, 6) is 0.564. The van der Waals surface area contributed by atoms with Gasteiger partial charge in [0, 0.05) is 13.2 Å². The highest BCUT2D eigenvalue weighted by molar-refractivity contribution is 9.10. The monoisotopic (exact) mass is 249 g/mol. The molecule has 76 valence electrons. The van der Waals surface area contributed by atoms with Crippen molar-refractivity contribution in [3.05, 3.63) is 0 Å². The molecule has 1 amide bonds. The highest BCUT2D eigenvalue weighted by atomic mass is 79.9. The van der Waals surface area contributed by atoms with Crippen LogP contribution < -0.4 is 5.32 Å². The normalized spacial score (nSPS) is 25.2. The Morgan fingerprint density at radius 1 is 1.77 bits per heavy atom. The molecule has 0 spiro atoms. The van der Waals surface area contributed by atoms with Crippen molar-refractivity contribution in [3.8, 4) is 0 Å². The third kappa shape index (κ3) is 4.09. The van der Waals surface area contributed by atoms with Crippen LogP contribution in [-0.4, -0.2) is 30.5 Å². The molecule has 3 nitrogen and oxygen atoms in total. The van der Waals surface area contributed by atoms with Gasteiger partial charge in [-0.3, -0.25) is 4.79 Å². The minimum absolute atomic E-state index is 0.0607. The molecule has 1 saturated heterocycles. The van der Waals surface area contributed by atoms with Gasteiger partial charge in [0.25, 0.3) is 0 Å². The molecule has 0 radical (unpaired) electrons. The molecule has 2 unspecified atom stereocenters. The smallest absolute Gasteiger partial charge is 0.233 e. The molecule has 0 aromatic carbocycles. The van der Waals surface area contributed by atoms with Gasteiger partial charge in [0.15, 0.2) is 0 Å². The van der Waals surface area contributed by atoms with Crippen LogP contribution in [0.2, 0.25) is 0 Å². The third-order valence-electron chi connectivity index (χ3n) is 2.18. The molecule has 4 heteroatoms. The molecule has 1 N–H and O–H groups in total. The number of hydrogen-bond donors (Lipinski definition) is 1. The van der Waals surface area contributed by atoms with Crippen LogP contribution in [-0.2, 0) is 9.53 Å². The molecule has 0 bridgehead atoms. The third-order valence-corrected chi connectivity index (χ3v) is 2.60. The lowest BCUT2D eigenvalue weighted by molar-refractivity contribution is -0.120. The first-order chi connectivity index (χ1) is 6.20. The Hall–Kier alpha value is -0.0900. The summed E-state index contributed by atoms with van der Waals surface area (Å²) in [4.78, 5) is 11.1. The predicted octanol–water partition coefficient (Wildman–Crippen LogP) is 1.31. The first-order valence-corrected chi connectivity index (χ1v) is 5.61. The van der Waals surface area contributed by atoms with Gasteiger partial charge in [-0.2, -0.15) is 0 Å². The van der Waals surface area contributed by atoms with Crippen LogP contribution in [0.1, 0.15) is 19.8 Å². The van der Waals surface area contributed by atoms with Crippen molar-refractivity contribution >= 4 is 21.8 Å². The Balaban J connectivity index is 2.13. The molecule has 1 aliphatic heterocycles. The van der Waals surface area contributed by atoms with E-state index >= 15 is 0 Å². The molecule has 0 aromatic heterocycles. The number of hydrogen-bond acceptors (Lipinski definition) is 2. The number of alkyl halides is 1. The van der Waals surface area contributed by atoms with Gasteiger partial charge in [-0.05, 0) is 25.7 Å². The Kier molecular flexibility index (Phi) is 4.73. The van der Waals surface area contributed by atoms with E-state index in [-0.39, 0.29) is 10.7 Å². The largest absolute Gasteiger partial charge is 0.381 e. The van der Waals surface area contributed by atoms with Crippen LogP contribution in [0, 0.1) is 5.92 Å². The molecule has 0 aliphatic carbocycles. The average Bonchev–Trinajstić information content (AvgIpc) is 2.15. The standard InChI is InChI=1S/C9H16BrNO2/c1-7(10)9(12)11-5-8-3-2-4-13-6-8/h7-8H,2-6H2,1H3,(H,11,12). The van der Waals surface area contributed by atoms with Gasteiger partial charge in [-0.25, -0.2) is 0 Å². The number of carbonyl (C=O) groups is 1. The fourth-order valence-electron chi connectivity index (χ4n) is 1.35. The van der Waals surface area contributed by atoms with Crippen LogP contribution in [0.25, 0.3) is 0 Å². The summed E-state index contributed by atoms with van der Waals surface area (Å²) in [5.41, 5.74) is 0. The summed E-state index contributed by atoms with van der Waals surface area (Å²) in [6.45, 7) is 4.23. The zero-order valence-corrected chi connectivity index (χ0v) is 9.47. The molecule has 13 heavy (non-hydrogen) atoms. The van der Waals surface area contributed by atoms with Crippen molar-refractivity contribution in [1.29, 1.82) is 0 Å². The molecule has 1 rings (SSSR count). The second-order valence-corrected chi connectivity index (χ2v) is 4.82. The maximum Gasteiger partial charge on any atom is 0.233 e. The van der Waals surface area contributed by atoms with E-state index in [1.54, 1.807) is 0 Å². The number of halogens is 1. The number of carbonyl (C=O) groups excluding carboxylic acids is 1. The fraction of sp³-hybridized carbons (Fsp3) is 0.889. The second-order valence-electron chi connectivity index (χ2n) is 3.44. The van der Waals surface area contributed by atoms with Gasteiger partial charge in [-0.15, -0.1) is 0 Å².